The van der Waals surface area contributed by atoms with Crippen LogP contribution in [0.2, 0.25) is 0 Å². The van der Waals surface area contributed by atoms with Crippen LogP contribution in [0, 0.1) is 5.82 Å². The number of halogens is 4. The summed E-state index contributed by atoms with van der Waals surface area (Å²) in [5.74, 6) is -1.09. The number of hydrogen-bond donors (Lipinski definition) is 2. The standard InChI is InChI=1S/C21H17F4N7O3/c1-31-18-17(19(30-31)29-15-6-3-11(8-26-15)21(23,24)25)27-10-32(20(18)34)9-16(33)28-12-4-5-14(35-2)13(22)7-12/h3-8,10H,9H2,1-2H3,(H,28,33)(H,26,29,30). The minimum absolute atomic E-state index is 0.0148. The van der Waals surface area contributed by atoms with Gasteiger partial charge in [-0.25, -0.2) is 14.4 Å². The van der Waals surface area contributed by atoms with Crippen molar-refractivity contribution in [2.45, 2.75) is 12.7 Å². The Balaban J connectivity index is 1.54. The summed E-state index contributed by atoms with van der Waals surface area (Å²) in [7, 11) is 2.78. The number of carbonyl (C=O) groups excluding carboxylic acids is 1. The zero-order valence-electron chi connectivity index (χ0n) is 18.2. The maximum absolute atomic E-state index is 13.8. The molecule has 3 heterocycles. The number of hydrogen-bond acceptors (Lipinski definition) is 7. The number of amides is 1. The number of ether oxygens (including phenoxy) is 1. The second kappa shape index (κ2) is 9.04. The molecule has 4 aromatic rings. The molecule has 0 aliphatic heterocycles. The molecule has 182 valence electrons. The largest absolute Gasteiger partial charge is 0.494 e. The van der Waals surface area contributed by atoms with E-state index in [1.54, 1.807) is 0 Å². The number of fused-ring (bicyclic) bond motifs is 1. The lowest BCUT2D eigenvalue weighted by molar-refractivity contribution is -0.137. The summed E-state index contributed by atoms with van der Waals surface area (Å²) in [6.07, 6.45) is -2.73. The van der Waals surface area contributed by atoms with Crippen molar-refractivity contribution >= 4 is 34.3 Å². The maximum Gasteiger partial charge on any atom is 0.417 e. The summed E-state index contributed by atoms with van der Waals surface area (Å²) < 4.78 is 59.1. The molecule has 0 atom stereocenters. The molecule has 0 bridgehead atoms. The van der Waals surface area contributed by atoms with Crippen LogP contribution in [0.25, 0.3) is 11.0 Å². The zero-order chi connectivity index (χ0) is 25.3. The highest BCUT2D eigenvalue weighted by Crippen LogP contribution is 2.29. The summed E-state index contributed by atoms with van der Waals surface area (Å²) in [5, 5.41) is 9.36. The minimum atomic E-state index is -4.52. The van der Waals surface area contributed by atoms with E-state index in [4.69, 9.17) is 4.74 Å². The first-order valence-electron chi connectivity index (χ1n) is 9.92. The van der Waals surface area contributed by atoms with Crippen molar-refractivity contribution in [1.82, 2.24) is 24.3 Å². The first-order valence-corrected chi connectivity index (χ1v) is 9.92. The highest BCUT2D eigenvalue weighted by atomic mass is 19.4. The van der Waals surface area contributed by atoms with Crippen molar-refractivity contribution in [3.05, 3.63) is 64.6 Å². The van der Waals surface area contributed by atoms with Crippen LogP contribution < -0.4 is 20.9 Å². The molecule has 0 saturated heterocycles. The van der Waals surface area contributed by atoms with Crippen LogP contribution in [0.3, 0.4) is 0 Å². The number of anilines is 3. The fourth-order valence-electron chi connectivity index (χ4n) is 3.24. The van der Waals surface area contributed by atoms with E-state index in [1.807, 2.05) is 0 Å². The molecule has 4 rings (SSSR count). The number of nitrogens with one attached hydrogen (secondary N) is 2. The predicted octanol–water partition coefficient (Wildman–Crippen LogP) is 3.07. The highest BCUT2D eigenvalue weighted by Gasteiger charge is 2.30. The Kier molecular flexibility index (Phi) is 6.11. The second-order valence-corrected chi connectivity index (χ2v) is 7.30. The van der Waals surface area contributed by atoms with Crippen LogP contribution in [-0.4, -0.2) is 37.3 Å². The molecule has 0 aliphatic rings. The van der Waals surface area contributed by atoms with Gasteiger partial charge in [0.1, 0.15) is 17.9 Å². The van der Waals surface area contributed by atoms with Crippen LogP contribution in [0.1, 0.15) is 5.56 Å². The molecule has 0 radical (unpaired) electrons. The monoisotopic (exact) mass is 491 g/mol. The fourth-order valence-corrected chi connectivity index (χ4v) is 3.24. The van der Waals surface area contributed by atoms with Crippen LogP contribution >= 0.6 is 0 Å². The zero-order valence-corrected chi connectivity index (χ0v) is 18.2. The molecule has 1 aromatic carbocycles. The molecule has 10 nitrogen and oxygen atoms in total. The number of nitrogens with zero attached hydrogens (tertiary/aromatic N) is 5. The number of aryl methyl sites for hydroxylation is 1. The maximum atomic E-state index is 13.8. The third-order valence-corrected chi connectivity index (χ3v) is 4.90. The van der Waals surface area contributed by atoms with E-state index in [-0.39, 0.29) is 34.1 Å². The summed E-state index contributed by atoms with van der Waals surface area (Å²) in [4.78, 5) is 33.2. The van der Waals surface area contributed by atoms with Gasteiger partial charge in [-0.05, 0) is 24.3 Å². The Labute approximate surface area is 194 Å². The Hall–Kier alpha value is -4.49. The molecule has 35 heavy (non-hydrogen) atoms. The average Bonchev–Trinajstić information content (AvgIpc) is 3.11. The number of methoxy groups -OCH3 is 1. The normalized spacial score (nSPS) is 11.5. The third-order valence-electron chi connectivity index (χ3n) is 4.90. The topological polar surface area (TPSA) is 116 Å². The third kappa shape index (κ3) is 4.90. The first kappa shape index (κ1) is 23.7. The number of benzene rings is 1. The minimum Gasteiger partial charge on any atom is -0.494 e. The average molecular weight is 491 g/mol. The molecule has 0 spiro atoms. The number of rotatable bonds is 6. The summed E-state index contributed by atoms with van der Waals surface area (Å²) in [6.45, 7) is -0.413. The number of alkyl halides is 3. The quantitative estimate of drug-likeness (QED) is 0.398. The van der Waals surface area contributed by atoms with Crippen LogP contribution in [0.15, 0.2) is 47.7 Å². The number of aromatic nitrogens is 5. The van der Waals surface area contributed by atoms with E-state index in [9.17, 15) is 27.2 Å². The first-order chi connectivity index (χ1) is 16.6. The molecule has 0 saturated carbocycles. The predicted molar refractivity (Wildman–Crippen MR) is 117 cm³/mol. The van der Waals surface area contributed by atoms with Crippen molar-refractivity contribution in [2.75, 3.05) is 17.7 Å². The summed E-state index contributed by atoms with van der Waals surface area (Å²) in [5.41, 5.74) is -1.15. The molecular weight excluding hydrogens is 474 g/mol. The molecule has 0 fully saturated rings. The molecule has 1 amide bonds. The van der Waals surface area contributed by atoms with Gasteiger partial charge in [0.25, 0.3) is 5.56 Å². The Morgan fingerprint density at radius 1 is 1.17 bits per heavy atom. The van der Waals surface area contributed by atoms with E-state index in [0.717, 1.165) is 29.1 Å². The van der Waals surface area contributed by atoms with E-state index in [2.05, 4.69) is 25.7 Å². The van der Waals surface area contributed by atoms with Crippen LogP contribution in [0.5, 0.6) is 5.75 Å². The van der Waals surface area contributed by atoms with Crippen molar-refractivity contribution in [3.63, 3.8) is 0 Å². The lowest BCUT2D eigenvalue weighted by Crippen LogP contribution is -2.28. The Bertz CT molecular complexity index is 1460. The SMILES string of the molecule is COc1ccc(NC(=O)Cn2cnc3c(Nc4ccc(C(F)(F)F)cn4)nn(C)c3c2=O)cc1F. The van der Waals surface area contributed by atoms with Gasteiger partial charge >= 0.3 is 6.18 Å². The smallest absolute Gasteiger partial charge is 0.417 e. The van der Waals surface area contributed by atoms with Gasteiger partial charge in [0.05, 0.1) is 19.0 Å². The molecule has 3 aromatic heterocycles. The molecular formula is C21H17F4N7O3. The van der Waals surface area contributed by atoms with Gasteiger partial charge in [0, 0.05) is 25.0 Å². The van der Waals surface area contributed by atoms with Gasteiger partial charge in [0.15, 0.2) is 22.9 Å². The van der Waals surface area contributed by atoms with Crippen molar-refractivity contribution in [2.24, 2.45) is 7.05 Å². The summed E-state index contributed by atoms with van der Waals surface area (Å²) in [6, 6.07) is 5.85. The Morgan fingerprint density at radius 2 is 1.94 bits per heavy atom. The number of carbonyl (C=O) groups is 1. The van der Waals surface area contributed by atoms with E-state index >= 15 is 0 Å². The van der Waals surface area contributed by atoms with Gasteiger partial charge in [-0.15, -0.1) is 0 Å². The van der Waals surface area contributed by atoms with E-state index < -0.39 is 35.6 Å². The lowest BCUT2D eigenvalue weighted by atomic mass is 10.3. The van der Waals surface area contributed by atoms with Gasteiger partial charge < -0.3 is 15.4 Å². The number of pyridine rings is 1. The van der Waals surface area contributed by atoms with E-state index in [1.165, 1.54) is 31.0 Å². The van der Waals surface area contributed by atoms with Gasteiger partial charge in [0.2, 0.25) is 5.91 Å². The fraction of sp³-hybridized carbons (Fsp3) is 0.190. The van der Waals surface area contributed by atoms with Crippen molar-refractivity contribution in [1.29, 1.82) is 0 Å². The highest BCUT2D eigenvalue weighted by molar-refractivity contribution is 5.91. The van der Waals surface area contributed by atoms with Crippen molar-refractivity contribution in [3.8, 4) is 5.75 Å². The van der Waals surface area contributed by atoms with Crippen LogP contribution in [0.4, 0.5) is 34.9 Å². The van der Waals surface area contributed by atoms with E-state index in [0.29, 0.717) is 6.20 Å². The van der Waals surface area contributed by atoms with Gasteiger partial charge in [-0.1, -0.05) is 0 Å². The summed E-state index contributed by atoms with van der Waals surface area (Å²) >= 11 is 0. The Morgan fingerprint density at radius 3 is 2.57 bits per heavy atom. The molecule has 0 unspecified atom stereocenters. The molecule has 0 aliphatic carbocycles. The molecule has 2 N–H and O–H groups in total. The second-order valence-electron chi connectivity index (χ2n) is 7.30. The van der Waals surface area contributed by atoms with Crippen LogP contribution in [-0.2, 0) is 24.6 Å². The molecule has 14 heteroatoms. The lowest BCUT2D eigenvalue weighted by Gasteiger charge is -2.09. The van der Waals surface area contributed by atoms with Gasteiger partial charge in [-0.3, -0.25) is 18.8 Å². The van der Waals surface area contributed by atoms with Crippen molar-refractivity contribution < 1.29 is 27.1 Å². The van der Waals surface area contributed by atoms with Gasteiger partial charge in [-0.2, -0.15) is 18.3 Å².